The Bertz CT molecular complexity index is 698. The summed E-state index contributed by atoms with van der Waals surface area (Å²) in [7, 11) is 0. The van der Waals surface area contributed by atoms with Gasteiger partial charge in [0, 0.05) is 5.39 Å². The Kier molecular flexibility index (Phi) is 3.66. The summed E-state index contributed by atoms with van der Waals surface area (Å²) in [5, 5.41) is 3.96. The van der Waals surface area contributed by atoms with Crippen LogP contribution in [0.3, 0.4) is 0 Å². The molecule has 1 N–H and O–H groups in total. The smallest absolute Gasteiger partial charge is 0.373 e. The molecule has 0 unspecified atom stereocenters. The highest BCUT2D eigenvalue weighted by Crippen LogP contribution is 2.32. The van der Waals surface area contributed by atoms with Gasteiger partial charge in [0.25, 0.3) is 5.78 Å². The largest absolute Gasteiger partial charge is 0.454 e. The molecular weight excluding hydrogens is 267 g/mol. The van der Waals surface area contributed by atoms with Gasteiger partial charge in [0.2, 0.25) is 0 Å². The topological polar surface area (TPSA) is 29.1 Å². The molecule has 0 saturated carbocycles. The highest BCUT2D eigenvalue weighted by molar-refractivity contribution is 6.11. The van der Waals surface area contributed by atoms with Crippen LogP contribution in [0.15, 0.2) is 36.4 Å². The van der Waals surface area contributed by atoms with E-state index in [9.17, 15) is 18.0 Å². The summed E-state index contributed by atoms with van der Waals surface area (Å²) in [6.45, 7) is 0.0339. The first-order chi connectivity index (χ1) is 9.45. The molecule has 5 heteroatoms. The summed E-state index contributed by atoms with van der Waals surface area (Å²) < 4.78 is 37.9. The van der Waals surface area contributed by atoms with Gasteiger partial charge in [0.1, 0.15) is 0 Å². The Morgan fingerprint density at radius 1 is 1.20 bits per heavy atom. The third-order valence-corrected chi connectivity index (χ3v) is 2.80. The lowest BCUT2D eigenvalue weighted by Crippen LogP contribution is -2.24. The average Bonchev–Trinajstić information content (AvgIpc) is 2.42. The summed E-state index contributed by atoms with van der Waals surface area (Å²) in [6, 6.07) is 9.48. The van der Waals surface area contributed by atoms with Crippen LogP contribution >= 0.6 is 0 Å². The summed E-state index contributed by atoms with van der Waals surface area (Å²) in [4.78, 5) is 11.5. The van der Waals surface area contributed by atoms with Crippen LogP contribution in [0.1, 0.15) is 10.4 Å². The zero-order valence-corrected chi connectivity index (χ0v) is 10.3. The summed E-state index contributed by atoms with van der Waals surface area (Å²) in [6.07, 6.45) is 0.191. The number of carbonyl (C=O) groups excluding carboxylic acids is 1. The van der Waals surface area contributed by atoms with E-state index in [-0.39, 0.29) is 12.2 Å². The maximum atomic E-state index is 12.6. The molecule has 0 amide bonds. The van der Waals surface area contributed by atoms with Crippen LogP contribution in [0.5, 0.6) is 0 Å². The van der Waals surface area contributed by atoms with E-state index in [0.717, 1.165) is 11.5 Å². The minimum absolute atomic E-state index is 0.0339. The second-order valence-corrected chi connectivity index (χ2v) is 4.09. The number of anilines is 1. The van der Waals surface area contributed by atoms with Crippen molar-refractivity contribution in [2.75, 3.05) is 11.9 Å². The van der Waals surface area contributed by atoms with Crippen LogP contribution in [-0.4, -0.2) is 18.5 Å². The number of alkyl halides is 3. The first-order valence-electron chi connectivity index (χ1n) is 5.75. The molecule has 2 aromatic rings. The first-order valence-corrected chi connectivity index (χ1v) is 5.75. The van der Waals surface area contributed by atoms with Gasteiger partial charge in [0.05, 0.1) is 17.8 Å². The Morgan fingerprint density at radius 2 is 1.90 bits per heavy atom. The molecular formula is C15H10F3NO. The standard InChI is InChI=1S/C15H10F3NO/c1-2-9-19-13-11-6-4-3-5-10(11)7-8-12(13)14(20)15(16,17)18/h1,3-8,19H,9H2. The van der Waals surface area contributed by atoms with Gasteiger partial charge in [-0.1, -0.05) is 36.3 Å². The highest BCUT2D eigenvalue weighted by Gasteiger charge is 2.40. The number of Topliss-reactive ketones (excluding diaryl/α,β-unsaturated/α-hetero) is 1. The molecule has 2 aromatic carbocycles. The zero-order valence-electron chi connectivity index (χ0n) is 10.3. The van der Waals surface area contributed by atoms with Gasteiger partial charge in [-0.2, -0.15) is 13.2 Å². The number of carbonyl (C=O) groups is 1. The molecule has 0 bridgehead atoms. The number of hydrogen-bond acceptors (Lipinski definition) is 2. The number of rotatable bonds is 3. The van der Waals surface area contributed by atoms with Crippen LogP contribution < -0.4 is 5.32 Å². The number of halogens is 3. The summed E-state index contributed by atoms with van der Waals surface area (Å²) >= 11 is 0. The van der Waals surface area contributed by atoms with E-state index in [2.05, 4.69) is 11.2 Å². The minimum Gasteiger partial charge on any atom is -0.373 e. The normalized spacial score (nSPS) is 11.1. The van der Waals surface area contributed by atoms with E-state index in [4.69, 9.17) is 6.42 Å². The number of terminal acetylenes is 1. The van der Waals surface area contributed by atoms with Crippen molar-refractivity contribution in [1.29, 1.82) is 0 Å². The maximum Gasteiger partial charge on any atom is 0.454 e. The number of ketones is 1. The van der Waals surface area contributed by atoms with Crippen LogP contribution in [-0.2, 0) is 0 Å². The van der Waals surface area contributed by atoms with Crippen molar-refractivity contribution < 1.29 is 18.0 Å². The molecule has 2 rings (SSSR count). The third kappa shape index (κ3) is 2.59. The van der Waals surface area contributed by atoms with E-state index in [1.165, 1.54) is 6.07 Å². The van der Waals surface area contributed by atoms with E-state index in [1.54, 1.807) is 24.3 Å². The predicted molar refractivity (Wildman–Crippen MR) is 71.7 cm³/mol. The van der Waals surface area contributed by atoms with Gasteiger partial charge in [0.15, 0.2) is 0 Å². The van der Waals surface area contributed by atoms with Gasteiger partial charge in [-0.25, -0.2) is 0 Å². The number of benzene rings is 2. The van der Waals surface area contributed by atoms with Gasteiger partial charge >= 0.3 is 6.18 Å². The molecule has 0 aliphatic rings. The van der Waals surface area contributed by atoms with Crippen molar-refractivity contribution in [3.8, 4) is 12.3 Å². The molecule has 0 spiro atoms. The Balaban J connectivity index is 2.65. The SMILES string of the molecule is C#CCNc1c(C(=O)C(F)(F)F)ccc2ccccc12. The monoisotopic (exact) mass is 277 g/mol. The highest BCUT2D eigenvalue weighted by atomic mass is 19.4. The number of hydrogen-bond donors (Lipinski definition) is 1. The number of nitrogens with one attached hydrogen (secondary N) is 1. The van der Waals surface area contributed by atoms with Crippen molar-refractivity contribution in [2.24, 2.45) is 0 Å². The number of fused-ring (bicyclic) bond motifs is 1. The second-order valence-electron chi connectivity index (χ2n) is 4.09. The van der Waals surface area contributed by atoms with Crippen molar-refractivity contribution in [3.05, 3.63) is 42.0 Å². The van der Waals surface area contributed by atoms with Crippen LogP contribution in [0.2, 0.25) is 0 Å². The van der Waals surface area contributed by atoms with E-state index in [0.29, 0.717) is 5.39 Å². The maximum absolute atomic E-state index is 12.6. The van der Waals surface area contributed by atoms with E-state index >= 15 is 0 Å². The fraction of sp³-hybridized carbons (Fsp3) is 0.133. The summed E-state index contributed by atoms with van der Waals surface area (Å²) in [5.41, 5.74) is -0.310. The molecule has 0 heterocycles. The summed E-state index contributed by atoms with van der Waals surface area (Å²) in [5.74, 6) is 0.396. The predicted octanol–water partition coefficient (Wildman–Crippen LogP) is 3.63. The molecule has 0 fully saturated rings. The second kappa shape index (κ2) is 5.25. The molecule has 0 aromatic heterocycles. The molecule has 102 valence electrons. The van der Waals surface area contributed by atoms with Crippen molar-refractivity contribution >= 4 is 22.2 Å². The van der Waals surface area contributed by atoms with Crippen molar-refractivity contribution in [1.82, 2.24) is 0 Å². The van der Waals surface area contributed by atoms with Crippen molar-refractivity contribution in [3.63, 3.8) is 0 Å². The van der Waals surface area contributed by atoms with Crippen molar-refractivity contribution in [2.45, 2.75) is 6.18 Å². The molecule has 0 radical (unpaired) electrons. The van der Waals surface area contributed by atoms with Gasteiger partial charge in [-0.15, -0.1) is 6.42 Å². The fourth-order valence-corrected chi connectivity index (χ4v) is 1.94. The quantitative estimate of drug-likeness (QED) is 0.685. The lowest BCUT2D eigenvalue weighted by atomic mass is 10.0. The Morgan fingerprint density at radius 3 is 2.55 bits per heavy atom. The Labute approximate surface area is 113 Å². The van der Waals surface area contributed by atoms with Crippen LogP contribution in [0.4, 0.5) is 18.9 Å². The molecule has 20 heavy (non-hydrogen) atoms. The lowest BCUT2D eigenvalue weighted by Gasteiger charge is -2.14. The van der Waals surface area contributed by atoms with Gasteiger partial charge in [-0.05, 0) is 11.5 Å². The lowest BCUT2D eigenvalue weighted by molar-refractivity contribution is -0.0884. The van der Waals surface area contributed by atoms with Crippen LogP contribution in [0.25, 0.3) is 10.8 Å². The first kappa shape index (κ1) is 13.9. The molecule has 0 aliphatic heterocycles. The van der Waals surface area contributed by atoms with Gasteiger partial charge in [-0.3, -0.25) is 4.79 Å². The molecule has 0 saturated heterocycles. The minimum atomic E-state index is -4.92. The molecule has 0 atom stereocenters. The molecule has 2 nitrogen and oxygen atoms in total. The fourth-order valence-electron chi connectivity index (χ4n) is 1.94. The van der Waals surface area contributed by atoms with Gasteiger partial charge < -0.3 is 5.32 Å². The van der Waals surface area contributed by atoms with Crippen LogP contribution in [0, 0.1) is 12.3 Å². The zero-order chi connectivity index (χ0) is 14.8. The average molecular weight is 277 g/mol. The molecule has 0 aliphatic carbocycles. The third-order valence-electron chi connectivity index (χ3n) is 2.80. The van der Waals surface area contributed by atoms with E-state index in [1.807, 2.05) is 0 Å². The van der Waals surface area contributed by atoms with E-state index < -0.39 is 17.5 Å². The Hall–Kier alpha value is -2.48.